The molecule has 0 atom stereocenters. The first-order valence-corrected chi connectivity index (χ1v) is 5.62. The van der Waals surface area contributed by atoms with E-state index in [2.05, 4.69) is 4.98 Å². The van der Waals surface area contributed by atoms with E-state index in [1.165, 1.54) is 5.38 Å². The number of rotatable bonds is 1. The Morgan fingerprint density at radius 3 is 2.40 bits per heavy atom. The van der Waals surface area contributed by atoms with E-state index >= 15 is 0 Å². The van der Waals surface area contributed by atoms with Crippen LogP contribution in [0.3, 0.4) is 0 Å². The minimum Gasteiger partial charge on any atom is -0.212 e. The second-order valence-electron chi connectivity index (χ2n) is 1.37. The fraction of sp³-hybridized carbons (Fsp3) is 0. The maximum Gasteiger partial charge on any atom is 0.288 e. The second kappa shape index (κ2) is 2.65. The molecule has 1 rings (SSSR count). The Balaban J connectivity index is 3.21. The van der Waals surface area contributed by atoms with Crippen LogP contribution < -0.4 is 0 Å². The molecule has 0 fully saturated rings. The molecule has 0 radical (unpaired) electrons. The highest BCUT2D eigenvalue weighted by Gasteiger charge is 2.13. The van der Waals surface area contributed by atoms with Gasteiger partial charge >= 0.3 is 0 Å². The standard InChI is InChI=1S/C3HCl2NO2S2/c4-2-1-9-3(6-2)10(5,7)8/h1H. The van der Waals surface area contributed by atoms with Crippen LogP contribution in [0.15, 0.2) is 9.72 Å². The molecule has 0 spiro atoms. The van der Waals surface area contributed by atoms with Crippen LogP contribution in [-0.2, 0) is 9.05 Å². The first-order valence-electron chi connectivity index (χ1n) is 2.06. The molecule has 0 aromatic carbocycles. The summed E-state index contributed by atoms with van der Waals surface area (Å²) in [7, 11) is 1.25. The average molecular weight is 218 g/mol. The Kier molecular flexibility index (Phi) is 2.19. The lowest BCUT2D eigenvalue weighted by molar-refractivity contribution is 0.609. The normalized spacial score (nSPS) is 11.8. The fourth-order valence-electron chi connectivity index (χ4n) is 0.351. The SMILES string of the molecule is O=S(=O)(Cl)c1nc(Cl)cs1. The molecule has 10 heavy (non-hydrogen) atoms. The lowest BCUT2D eigenvalue weighted by Crippen LogP contribution is -1.87. The van der Waals surface area contributed by atoms with Crippen molar-refractivity contribution in [2.75, 3.05) is 0 Å². The predicted molar refractivity (Wildman–Crippen MR) is 40.2 cm³/mol. The van der Waals surface area contributed by atoms with Gasteiger partial charge in [0.05, 0.1) is 0 Å². The van der Waals surface area contributed by atoms with Gasteiger partial charge in [-0.3, -0.25) is 0 Å². The maximum atomic E-state index is 10.5. The highest BCUT2D eigenvalue weighted by atomic mass is 35.7. The van der Waals surface area contributed by atoms with Crippen molar-refractivity contribution in [2.24, 2.45) is 0 Å². The second-order valence-corrected chi connectivity index (χ2v) is 5.36. The van der Waals surface area contributed by atoms with Crippen molar-refractivity contribution in [3.05, 3.63) is 10.5 Å². The van der Waals surface area contributed by atoms with Gasteiger partial charge in [-0.05, 0) is 0 Å². The van der Waals surface area contributed by atoms with Gasteiger partial charge in [-0.15, -0.1) is 11.3 Å². The topological polar surface area (TPSA) is 47.0 Å². The van der Waals surface area contributed by atoms with Gasteiger partial charge in [-0.1, -0.05) is 11.6 Å². The lowest BCUT2D eigenvalue weighted by atomic mass is 11.0. The van der Waals surface area contributed by atoms with Crippen molar-refractivity contribution in [2.45, 2.75) is 4.34 Å². The quantitative estimate of drug-likeness (QED) is 0.674. The molecule has 0 aliphatic heterocycles. The van der Waals surface area contributed by atoms with Crippen molar-refractivity contribution in [1.82, 2.24) is 4.98 Å². The number of aromatic nitrogens is 1. The summed E-state index contributed by atoms with van der Waals surface area (Å²) in [4.78, 5) is 3.45. The Morgan fingerprint density at radius 1 is 1.60 bits per heavy atom. The molecule has 0 unspecified atom stereocenters. The zero-order valence-electron chi connectivity index (χ0n) is 4.41. The third kappa shape index (κ3) is 1.82. The molecule has 1 heterocycles. The van der Waals surface area contributed by atoms with Gasteiger partial charge in [0.25, 0.3) is 9.05 Å². The van der Waals surface area contributed by atoms with Crippen LogP contribution in [0, 0.1) is 0 Å². The van der Waals surface area contributed by atoms with Crippen LogP contribution in [0.1, 0.15) is 0 Å². The number of nitrogens with zero attached hydrogens (tertiary/aromatic N) is 1. The van der Waals surface area contributed by atoms with Crippen LogP contribution in [0.5, 0.6) is 0 Å². The minimum atomic E-state index is -3.69. The molecule has 7 heteroatoms. The van der Waals surface area contributed by atoms with Crippen molar-refractivity contribution >= 4 is 42.7 Å². The molecule has 0 N–H and O–H groups in total. The summed E-state index contributed by atoms with van der Waals surface area (Å²) in [6.07, 6.45) is 0. The Bertz CT molecular complexity index is 330. The van der Waals surface area contributed by atoms with Gasteiger partial charge in [0.2, 0.25) is 4.34 Å². The smallest absolute Gasteiger partial charge is 0.212 e. The number of hydrogen-bond donors (Lipinski definition) is 0. The van der Waals surface area contributed by atoms with Crippen molar-refractivity contribution < 1.29 is 8.42 Å². The van der Waals surface area contributed by atoms with E-state index < -0.39 is 9.05 Å². The summed E-state index contributed by atoms with van der Waals surface area (Å²) in [5.41, 5.74) is 0. The van der Waals surface area contributed by atoms with E-state index in [-0.39, 0.29) is 9.49 Å². The molecular weight excluding hydrogens is 217 g/mol. The third-order valence-corrected chi connectivity index (χ3v) is 3.79. The summed E-state index contributed by atoms with van der Waals surface area (Å²) < 4.78 is 20.8. The molecular formula is C3HCl2NO2S2. The van der Waals surface area contributed by atoms with E-state index in [0.717, 1.165) is 11.3 Å². The lowest BCUT2D eigenvalue weighted by Gasteiger charge is -1.82. The maximum absolute atomic E-state index is 10.5. The first kappa shape index (κ1) is 8.26. The van der Waals surface area contributed by atoms with Gasteiger partial charge in [0.1, 0.15) is 5.15 Å². The zero-order chi connectivity index (χ0) is 7.78. The van der Waals surface area contributed by atoms with Crippen molar-refractivity contribution in [1.29, 1.82) is 0 Å². The van der Waals surface area contributed by atoms with E-state index in [9.17, 15) is 8.42 Å². The van der Waals surface area contributed by atoms with E-state index in [1.807, 2.05) is 0 Å². The highest BCUT2D eigenvalue weighted by Crippen LogP contribution is 2.21. The largest absolute Gasteiger partial charge is 0.288 e. The molecule has 0 amide bonds. The van der Waals surface area contributed by atoms with Crippen LogP contribution >= 0.6 is 33.6 Å². The summed E-state index contributed by atoms with van der Waals surface area (Å²) in [5.74, 6) is 0. The van der Waals surface area contributed by atoms with E-state index in [0.29, 0.717) is 0 Å². The molecule has 1 aromatic rings. The molecule has 0 aliphatic carbocycles. The van der Waals surface area contributed by atoms with Crippen LogP contribution in [0.2, 0.25) is 5.15 Å². The summed E-state index contributed by atoms with van der Waals surface area (Å²) >= 11 is 6.24. The molecule has 3 nitrogen and oxygen atoms in total. The summed E-state index contributed by atoms with van der Waals surface area (Å²) in [5, 5.41) is 1.54. The summed E-state index contributed by atoms with van der Waals surface area (Å²) in [6.45, 7) is 0. The summed E-state index contributed by atoms with van der Waals surface area (Å²) in [6, 6.07) is 0. The number of hydrogen-bond acceptors (Lipinski definition) is 4. The van der Waals surface area contributed by atoms with Crippen molar-refractivity contribution in [3.8, 4) is 0 Å². The van der Waals surface area contributed by atoms with Crippen LogP contribution in [0.4, 0.5) is 0 Å². The van der Waals surface area contributed by atoms with Gasteiger partial charge in [-0.2, -0.15) is 0 Å². The fourth-order valence-corrected chi connectivity index (χ4v) is 2.31. The zero-order valence-corrected chi connectivity index (χ0v) is 7.56. The van der Waals surface area contributed by atoms with E-state index in [4.69, 9.17) is 22.3 Å². The number of thiazole rings is 1. The van der Waals surface area contributed by atoms with Gasteiger partial charge in [0, 0.05) is 16.1 Å². The predicted octanol–water partition coefficient (Wildman–Crippen LogP) is 1.72. The van der Waals surface area contributed by atoms with Crippen LogP contribution in [0.25, 0.3) is 0 Å². The average Bonchev–Trinajstić information content (AvgIpc) is 2.11. The monoisotopic (exact) mass is 217 g/mol. The molecule has 1 aromatic heterocycles. The third-order valence-electron chi connectivity index (χ3n) is 0.664. The van der Waals surface area contributed by atoms with Crippen molar-refractivity contribution in [3.63, 3.8) is 0 Å². The Hall–Kier alpha value is 0.160. The minimum absolute atomic E-state index is 0.143. The molecule has 0 bridgehead atoms. The molecule has 0 saturated heterocycles. The van der Waals surface area contributed by atoms with E-state index in [1.54, 1.807) is 0 Å². The van der Waals surface area contributed by atoms with Gasteiger partial charge in [-0.25, -0.2) is 13.4 Å². The van der Waals surface area contributed by atoms with Gasteiger partial charge < -0.3 is 0 Å². The highest BCUT2D eigenvalue weighted by molar-refractivity contribution is 8.14. The molecule has 0 saturated carbocycles. The Labute approximate surface area is 71.0 Å². The Morgan fingerprint density at radius 2 is 2.20 bits per heavy atom. The number of halogens is 2. The molecule has 0 aliphatic rings. The first-order chi connectivity index (χ1) is 4.50. The molecule has 56 valence electrons. The van der Waals surface area contributed by atoms with Gasteiger partial charge in [0.15, 0.2) is 0 Å². The van der Waals surface area contributed by atoms with Crippen LogP contribution in [-0.4, -0.2) is 13.4 Å².